The molecule has 0 aliphatic carbocycles. The van der Waals surface area contributed by atoms with Crippen molar-refractivity contribution in [2.75, 3.05) is 0 Å². The number of hydrogen-bond donors (Lipinski definition) is 1. The molecule has 1 unspecified atom stereocenters. The van der Waals surface area contributed by atoms with Crippen LogP contribution >= 0.6 is 0 Å². The number of rotatable bonds is 3. The van der Waals surface area contributed by atoms with E-state index < -0.39 is 35.4 Å². The molecule has 2 heterocycles. The minimum Gasteiger partial charge on any atom is -0.459 e. The molecule has 0 bridgehead atoms. The first kappa shape index (κ1) is 20.5. The fourth-order valence-electron chi connectivity index (χ4n) is 3.09. The van der Waals surface area contributed by atoms with Crippen LogP contribution in [0.3, 0.4) is 0 Å². The molecule has 1 aromatic carbocycles. The molecule has 0 amide bonds. The van der Waals surface area contributed by atoms with Gasteiger partial charge in [0.25, 0.3) is 0 Å². The Morgan fingerprint density at radius 2 is 1.83 bits per heavy atom. The van der Waals surface area contributed by atoms with E-state index in [2.05, 4.69) is 0 Å². The van der Waals surface area contributed by atoms with Crippen molar-refractivity contribution in [3.8, 4) is 5.75 Å². The second-order valence-electron chi connectivity index (χ2n) is 6.81. The maximum absolute atomic E-state index is 12.9. The quantitative estimate of drug-likeness (QED) is 0.779. The Balaban J connectivity index is 2.21. The van der Waals surface area contributed by atoms with Crippen LogP contribution in [0.1, 0.15) is 42.2 Å². The number of hydrogen-bond acceptors (Lipinski definition) is 6. The first-order valence-corrected chi connectivity index (χ1v) is 8.69. The Hall–Kier alpha value is -3.23. The van der Waals surface area contributed by atoms with Crippen LogP contribution in [0.2, 0.25) is 0 Å². The predicted molar refractivity (Wildman–Crippen MR) is 96.1 cm³/mol. The molecule has 0 saturated heterocycles. The molecule has 2 aromatic rings. The van der Waals surface area contributed by atoms with E-state index in [1.54, 1.807) is 13.8 Å². The minimum atomic E-state index is -4.53. The summed E-state index contributed by atoms with van der Waals surface area (Å²) < 4.78 is 54.6. The Bertz CT molecular complexity index is 1040. The van der Waals surface area contributed by atoms with Crippen LogP contribution in [0.15, 0.2) is 51.0 Å². The van der Waals surface area contributed by atoms with Gasteiger partial charge in [-0.2, -0.15) is 13.2 Å². The third kappa shape index (κ3) is 3.98. The molecular formula is C20H18F3NO5. The van der Waals surface area contributed by atoms with Crippen molar-refractivity contribution in [1.82, 2.24) is 0 Å². The van der Waals surface area contributed by atoms with Gasteiger partial charge in [0, 0.05) is 6.07 Å². The van der Waals surface area contributed by atoms with Gasteiger partial charge in [0.15, 0.2) is 0 Å². The Morgan fingerprint density at radius 3 is 2.38 bits per heavy atom. The first-order chi connectivity index (χ1) is 13.5. The van der Waals surface area contributed by atoms with Crippen LogP contribution in [0.5, 0.6) is 5.75 Å². The summed E-state index contributed by atoms with van der Waals surface area (Å²) in [5.41, 5.74) is 4.30. The summed E-state index contributed by atoms with van der Waals surface area (Å²) in [6.07, 6.45) is -5.02. The van der Waals surface area contributed by atoms with Crippen LogP contribution in [-0.2, 0) is 15.7 Å². The Labute approximate surface area is 163 Å². The number of carbonyl (C=O) groups excluding carboxylic acids is 1. The third-order valence-electron chi connectivity index (χ3n) is 4.27. The van der Waals surface area contributed by atoms with Crippen molar-refractivity contribution in [1.29, 1.82) is 0 Å². The van der Waals surface area contributed by atoms with E-state index in [-0.39, 0.29) is 34.1 Å². The number of alkyl halides is 3. The molecule has 0 fully saturated rings. The van der Waals surface area contributed by atoms with Crippen molar-refractivity contribution < 1.29 is 31.9 Å². The van der Waals surface area contributed by atoms with Gasteiger partial charge in [0.05, 0.1) is 23.1 Å². The molecule has 29 heavy (non-hydrogen) atoms. The van der Waals surface area contributed by atoms with Gasteiger partial charge in [-0.3, -0.25) is 0 Å². The Morgan fingerprint density at radius 1 is 1.21 bits per heavy atom. The topological polar surface area (TPSA) is 91.8 Å². The molecule has 1 aromatic heterocycles. The van der Waals surface area contributed by atoms with Crippen LogP contribution in [0.4, 0.5) is 13.2 Å². The van der Waals surface area contributed by atoms with Gasteiger partial charge in [-0.1, -0.05) is 12.1 Å². The molecule has 1 aliphatic heterocycles. The normalized spacial score (nSPS) is 16.4. The lowest BCUT2D eigenvalue weighted by Crippen LogP contribution is -2.31. The number of nitrogens with two attached hydrogens (primary N) is 1. The van der Waals surface area contributed by atoms with Crippen molar-refractivity contribution in [2.24, 2.45) is 5.73 Å². The molecule has 6 nitrogen and oxygen atoms in total. The maximum Gasteiger partial charge on any atom is 0.416 e. The van der Waals surface area contributed by atoms with E-state index in [0.717, 1.165) is 12.1 Å². The number of esters is 1. The van der Waals surface area contributed by atoms with Crippen LogP contribution in [-0.4, -0.2) is 12.1 Å². The van der Waals surface area contributed by atoms with Gasteiger partial charge in [0.2, 0.25) is 5.88 Å². The highest BCUT2D eigenvalue weighted by atomic mass is 19.4. The highest BCUT2D eigenvalue weighted by Crippen LogP contribution is 2.42. The molecule has 1 atom stereocenters. The Kier molecular flexibility index (Phi) is 5.16. The lowest BCUT2D eigenvalue weighted by Gasteiger charge is -2.28. The van der Waals surface area contributed by atoms with E-state index in [1.807, 2.05) is 0 Å². The summed E-state index contributed by atoms with van der Waals surface area (Å²) in [6.45, 7) is 4.77. The maximum atomic E-state index is 12.9. The predicted octanol–water partition coefficient (Wildman–Crippen LogP) is 3.61. The van der Waals surface area contributed by atoms with Gasteiger partial charge in [-0.15, -0.1) is 0 Å². The highest BCUT2D eigenvalue weighted by molar-refractivity contribution is 5.92. The number of benzene rings is 1. The van der Waals surface area contributed by atoms with Gasteiger partial charge >= 0.3 is 17.8 Å². The molecule has 9 heteroatoms. The van der Waals surface area contributed by atoms with E-state index in [9.17, 15) is 22.8 Å². The van der Waals surface area contributed by atoms with Crippen molar-refractivity contribution >= 4 is 5.97 Å². The average Bonchev–Trinajstić information content (AvgIpc) is 2.58. The number of halogens is 3. The summed E-state index contributed by atoms with van der Waals surface area (Å²) in [5.74, 6) is -1.92. The smallest absolute Gasteiger partial charge is 0.416 e. The summed E-state index contributed by atoms with van der Waals surface area (Å²) in [6, 6.07) is 5.50. The van der Waals surface area contributed by atoms with Crippen LogP contribution in [0, 0.1) is 6.92 Å². The highest BCUT2D eigenvalue weighted by Gasteiger charge is 2.39. The van der Waals surface area contributed by atoms with E-state index in [0.29, 0.717) is 0 Å². The SMILES string of the molecule is Cc1cc2c(c(=O)o1)C(c1ccc(C(F)(F)F)cc1)C(C(=O)OC(C)C)=C(N)O2. The fourth-order valence-corrected chi connectivity index (χ4v) is 3.09. The van der Waals surface area contributed by atoms with E-state index in [1.165, 1.54) is 25.1 Å². The van der Waals surface area contributed by atoms with Crippen LogP contribution < -0.4 is 16.1 Å². The molecular weight excluding hydrogens is 391 g/mol. The molecule has 0 saturated carbocycles. The molecule has 154 valence electrons. The van der Waals surface area contributed by atoms with Gasteiger partial charge in [-0.25, -0.2) is 9.59 Å². The van der Waals surface area contributed by atoms with E-state index in [4.69, 9.17) is 19.6 Å². The van der Waals surface area contributed by atoms with Crippen molar-refractivity contribution in [2.45, 2.75) is 39.0 Å². The van der Waals surface area contributed by atoms with Crippen molar-refractivity contribution in [3.05, 3.63) is 74.7 Å². The van der Waals surface area contributed by atoms with Crippen LogP contribution in [0.25, 0.3) is 0 Å². The zero-order valence-electron chi connectivity index (χ0n) is 15.8. The number of ether oxygens (including phenoxy) is 2. The average molecular weight is 409 g/mol. The molecule has 0 spiro atoms. The zero-order chi connectivity index (χ0) is 21.5. The summed E-state index contributed by atoms with van der Waals surface area (Å²) >= 11 is 0. The molecule has 0 radical (unpaired) electrons. The lowest BCUT2D eigenvalue weighted by atomic mass is 9.83. The largest absolute Gasteiger partial charge is 0.459 e. The standard InChI is InChI=1S/C20H18F3NO5/c1-9(2)27-19(26)16-14(11-4-6-12(7-5-11)20(21,22)23)15-13(29-17(16)24)8-10(3)28-18(15)25/h4-9,14H,24H2,1-3H3. The summed E-state index contributed by atoms with van der Waals surface area (Å²) in [7, 11) is 0. The first-order valence-electron chi connectivity index (χ1n) is 8.69. The fraction of sp³-hybridized carbons (Fsp3) is 0.300. The lowest BCUT2D eigenvalue weighted by molar-refractivity contribution is -0.143. The van der Waals surface area contributed by atoms with Gasteiger partial charge in [-0.05, 0) is 38.5 Å². The van der Waals surface area contributed by atoms with E-state index >= 15 is 0 Å². The number of aryl methyl sites for hydroxylation is 1. The summed E-state index contributed by atoms with van der Waals surface area (Å²) in [5, 5.41) is 0. The molecule has 2 N–H and O–H groups in total. The zero-order valence-corrected chi connectivity index (χ0v) is 15.8. The monoisotopic (exact) mass is 409 g/mol. The summed E-state index contributed by atoms with van der Waals surface area (Å²) in [4.78, 5) is 25.2. The molecule has 1 aliphatic rings. The van der Waals surface area contributed by atoms with Crippen molar-refractivity contribution in [3.63, 3.8) is 0 Å². The van der Waals surface area contributed by atoms with Gasteiger partial charge in [0.1, 0.15) is 17.1 Å². The second-order valence-corrected chi connectivity index (χ2v) is 6.81. The molecule has 3 rings (SSSR count). The minimum absolute atomic E-state index is 0.0414. The number of carbonyl (C=O) groups is 1. The van der Waals surface area contributed by atoms with Gasteiger partial charge < -0.3 is 19.6 Å². The number of fused-ring (bicyclic) bond motifs is 1. The second kappa shape index (κ2) is 7.31. The third-order valence-corrected chi connectivity index (χ3v) is 4.27.